The van der Waals surface area contributed by atoms with Crippen LogP contribution in [0.15, 0.2) is 42.5 Å². The van der Waals surface area contributed by atoms with Crippen molar-refractivity contribution in [2.24, 2.45) is 5.92 Å². The molecule has 148 valence electrons. The van der Waals surface area contributed by atoms with Gasteiger partial charge < -0.3 is 9.67 Å². The number of carboxylic acid groups (broad SMARTS) is 1. The van der Waals surface area contributed by atoms with Crippen molar-refractivity contribution in [3.8, 4) is 6.07 Å². The Kier molecular flexibility index (Phi) is 5.40. The first kappa shape index (κ1) is 19.3. The molecule has 1 aliphatic rings. The predicted octanol–water partition coefficient (Wildman–Crippen LogP) is 5.55. The van der Waals surface area contributed by atoms with Crippen LogP contribution >= 0.6 is 0 Å². The van der Waals surface area contributed by atoms with E-state index in [1.807, 2.05) is 24.3 Å². The number of carbonyl (C=O) groups is 1. The second-order valence-electron chi connectivity index (χ2n) is 8.10. The van der Waals surface area contributed by atoms with Crippen molar-refractivity contribution >= 4 is 16.9 Å². The third-order valence-corrected chi connectivity index (χ3v) is 6.12. The van der Waals surface area contributed by atoms with Crippen LogP contribution in [0.1, 0.15) is 65.3 Å². The van der Waals surface area contributed by atoms with Crippen LogP contribution in [0.5, 0.6) is 0 Å². The SMILES string of the molecule is CCCCCC1Cc2c(n(Cc3cccc(C#N)c3)c3c(C(=O)O)cccc23)C1. The first-order valence-electron chi connectivity index (χ1n) is 10.5. The molecule has 0 saturated carbocycles. The van der Waals surface area contributed by atoms with Crippen LogP contribution in [0.25, 0.3) is 10.9 Å². The first-order chi connectivity index (χ1) is 14.1. The van der Waals surface area contributed by atoms with Crippen molar-refractivity contribution in [3.05, 3.63) is 70.4 Å². The zero-order chi connectivity index (χ0) is 20.4. The highest BCUT2D eigenvalue weighted by molar-refractivity contribution is 6.04. The van der Waals surface area contributed by atoms with Crippen molar-refractivity contribution in [2.75, 3.05) is 0 Å². The van der Waals surface area contributed by atoms with Crippen molar-refractivity contribution in [1.29, 1.82) is 5.26 Å². The quantitative estimate of drug-likeness (QED) is 0.541. The maximum Gasteiger partial charge on any atom is 0.337 e. The maximum atomic E-state index is 11.9. The fourth-order valence-corrected chi connectivity index (χ4v) is 4.78. The molecule has 0 bridgehead atoms. The molecule has 3 aromatic rings. The van der Waals surface area contributed by atoms with Gasteiger partial charge in [-0.15, -0.1) is 0 Å². The molecule has 1 atom stereocenters. The molecule has 4 rings (SSSR count). The number of benzene rings is 2. The van der Waals surface area contributed by atoms with Gasteiger partial charge in [-0.2, -0.15) is 5.26 Å². The van der Waals surface area contributed by atoms with Gasteiger partial charge in [0.2, 0.25) is 0 Å². The number of nitriles is 1. The average Bonchev–Trinajstić information content (AvgIpc) is 3.26. The van der Waals surface area contributed by atoms with Gasteiger partial charge in [0.1, 0.15) is 0 Å². The molecular weight excluding hydrogens is 360 g/mol. The lowest BCUT2D eigenvalue weighted by Crippen LogP contribution is -2.09. The van der Waals surface area contributed by atoms with Crippen molar-refractivity contribution < 1.29 is 9.90 Å². The zero-order valence-electron chi connectivity index (χ0n) is 16.8. The fourth-order valence-electron chi connectivity index (χ4n) is 4.78. The molecule has 1 aromatic heterocycles. The van der Waals surface area contributed by atoms with Gasteiger partial charge >= 0.3 is 5.97 Å². The van der Waals surface area contributed by atoms with Crippen LogP contribution < -0.4 is 0 Å². The second-order valence-corrected chi connectivity index (χ2v) is 8.10. The van der Waals surface area contributed by atoms with E-state index >= 15 is 0 Å². The van der Waals surface area contributed by atoms with E-state index in [-0.39, 0.29) is 0 Å². The normalized spacial score (nSPS) is 15.4. The van der Waals surface area contributed by atoms with E-state index in [0.717, 1.165) is 29.3 Å². The monoisotopic (exact) mass is 386 g/mol. The van der Waals surface area contributed by atoms with E-state index in [0.29, 0.717) is 23.6 Å². The van der Waals surface area contributed by atoms with Gasteiger partial charge in [0, 0.05) is 17.6 Å². The molecule has 0 radical (unpaired) electrons. The van der Waals surface area contributed by atoms with Gasteiger partial charge in [0.25, 0.3) is 0 Å². The second kappa shape index (κ2) is 8.13. The summed E-state index contributed by atoms with van der Waals surface area (Å²) in [5.74, 6) is -0.251. The summed E-state index contributed by atoms with van der Waals surface area (Å²) >= 11 is 0. The van der Waals surface area contributed by atoms with E-state index in [2.05, 4.69) is 23.6 Å². The van der Waals surface area contributed by atoms with E-state index in [1.165, 1.54) is 36.9 Å². The topological polar surface area (TPSA) is 66.0 Å². The van der Waals surface area contributed by atoms with Gasteiger partial charge in [0.05, 0.1) is 22.7 Å². The molecule has 0 spiro atoms. The van der Waals surface area contributed by atoms with Crippen LogP contribution in [0, 0.1) is 17.2 Å². The van der Waals surface area contributed by atoms with Crippen LogP contribution in [0.2, 0.25) is 0 Å². The molecule has 0 aliphatic heterocycles. The van der Waals surface area contributed by atoms with E-state index < -0.39 is 5.97 Å². The van der Waals surface area contributed by atoms with Gasteiger partial charge in [-0.25, -0.2) is 4.79 Å². The lowest BCUT2D eigenvalue weighted by Gasteiger charge is -2.14. The van der Waals surface area contributed by atoms with E-state index in [9.17, 15) is 15.2 Å². The molecule has 4 nitrogen and oxygen atoms in total. The highest BCUT2D eigenvalue weighted by Gasteiger charge is 2.30. The largest absolute Gasteiger partial charge is 0.478 e. The maximum absolute atomic E-state index is 11.9. The highest BCUT2D eigenvalue weighted by atomic mass is 16.4. The van der Waals surface area contributed by atoms with Crippen molar-refractivity contribution in [2.45, 2.75) is 52.0 Å². The lowest BCUT2D eigenvalue weighted by atomic mass is 9.97. The number of hydrogen-bond donors (Lipinski definition) is 1. The molecule has 1 heterocycles. The predicted molar refractivity (Wildman–Crippen MR) is 114 cm³/mol. The standard InChI is InChI=1S/C25H26N2O2/c1-2-3-4-7-17-13-22-20-10-6-11-21(25(28)29)24(20)27(23(22)14-17)16-19-9-5-8-18(12-19)15-26/h5-6,8-12,17H,2-4,7,13-14,16H2,1H3,(H,28,29). The Morgan fingerprint density at radius 2 is 2.03 bits per heavy atom. The zero-order valence-corrected chi connectivity index (χ0v) is 16.8. The fraction of sp³-hybridized carbons (Fsp3) is 0.360. The minimum Gasteiger partial charge on any atom is -0.478 e. The Bertz CT molecular complexity index is 1100. The molecule has 0 saturated heterocycles. The third kappa shape index (κ3) is 3.65. The molecule has 4 heteroatoms. The molecule has 29 heavy (non-hydrogen) atoms. The number of nitrogens with zero attached hydrogens (tertiary/aromatic N) is 2. The molecule has 2 aromatic carbocycles. The number of aromatic nitrogens is 1. The van der Waals surface area contributed by atoms with Gasteiger partial charge in [0.15, 0.2) is 0 Å². The number of hydrogen-bond acceptors (Lipinski definition) is 2. The number of para-hydroxylation sites is 1. The molecule has 1 unspecified atom stereocenters. The summed E-state index contributed by atoms with van der Waals surface area (Å²) in [7, 11) is 0. The summed E-state index contributed by atoms with van der Waals surface area (Å²) in [5.41, 5.74) is 5.43. The van der Waals surface area contributed by atoms with Crippen molar-refractivity contribution in [1.82, 2.24) is 4.57 Å². The van der Waals surface area contributed by atoms with Crippen molar-refractivity contribution in [3.63, 3.8) is 0 Å². The molecule has 1 N–H and O–H groups in total. The highest BCUT2D eigenvalue weighted by Crippen LogP contribution is 2.39. The van der Waals surface area contributed by atoms with Crippen LogP contribution in [-0.2, 0) is 19.4 Å². The first-order valence-corrected chi connectivity index (χ1v) is 10.5. The van der Waals surface area contributed by atoms with Gasteiger partial charge in [-0.05, 0) is 54.5 Å². The molecular formula is C25H26N2O2. The number of aromatic carboxylic acids is 1. The minimum absolute atomic E-state index is 0.357. The summed E-state index contributed by atoms with van der Waals surface area (Å²) in [6.07, 6.45) is 7.02. The summed E-state index contributed by atoms with van der Waals surface area (Å²) in [6.45, 7) is 2.82. The lowest BCUT2D eigenvalue weighted by molar-refractivity contribution is 0.0698. The number of rotatable bonds is 7. The van der Waals surface area contributed by atoms with E-state index in [1.54, 1.807) is 12.1 Å². The summed E-state index contributed by atoms with van der Waals surface area (Å²) in [6, 6.07) is 15.4. The molecule has 0 fully saturated rings. The Labute approximate surface area is 171 Å². The smallest absolute Gasteiger partial charge is 0.337 e. The summed E-state index contributed by atoms with van der Waals surface area (Å²) in [5, 5.41) is 20.1. The van der Waals surface area contributed by atoms with Crippen LogP contribution in [-0.4, -0.2) is 15.6 Å². The Morgan fingerprint density at radius 1 is 1.21 bits per heavy atom. The Hall–Kier alpha value is -3.06. The average molecular weight is 386 g/mol. The van der Waals surface area contributed by atoms with Gasteiger partial charge in [-0.3, -0.25) is 0 Å². The third-order valence-electron chi connectivity index (χ3n) is 6.12. The summed E-state index contributed by atoms with van der Waals surface area (Å²) in [4.78, 5) is 11.9. The Balaban J connectivity index is 1.78. The van der Waals surface area contributed by atoms with Gasteiger partial charge in [-0.1, -0.05) is 50.5 Å². The van der Waals surface area contributed by atoms with E-state index in [4.69, 9.17) is 0 Å². The summed E-state index contributed by atoms with van der Waals surface area (Å²) < 4.78 is 2.20. The molecule has 1 aliphatic carbocycles. The minimum atomic E-state index is -0.890. The Morgan fingerprint density at radius 3 is 2.79 bits per heavy atom. The number of unbranched alkanes of at least 4 members (excludes halogenated alkanes) is 2. The molecule has 0 amide bonds. The van der Waals surface area contributed by atoms with Crippen LogP contribution in [0.3, 0.4) is 0 Å². The number of carboxylic acids is 1. The number of fused-ring (bicyclic) bond motifs is 3. The van der Waals surface area contributed by atoms with Crippen LogP contribution in [0.4, 0.5) is 0 Å².